The maximum atomic E-state index is 11.3. The van der Waals surface area contributed by atoms with Crippen LogP contribution in [0.5, 0.6) is 0 Å². The highest BCUT2D eigenvalue weighted by Crippen LogP contribution is 2.23. The Hall–Kier alpha value is -1.61. The first-order valence-electron chi connectivity index (χ1n) is 5.38. The van der Waals surface area contributed by atoms with Crippen molar-refractivity contribution in [2.75, 3.05) is 0 Å². The normalized spacial score (nSPS) is 10.2. The Morgan fingerprint density at radius 1 is 1.29 bits per heavy atom. The van der Waals surface area contributed by atoms with Crippen LogP contribution < -0.4 is 0 Å². The van der Waals surface area contributed by atoms with E-state index >= 15 is 0 Å². The van der Waals surface area contributed by atoms with Gasteiger partial charge in [-0.2, -0.15) is 0 Å². The number of carbonyl (C=O) groups excluding carboxylic acids is 1. The van der Waals surface area contributed by atoms with Gasteiger partial charge in [0.05, 0.1) is 0 Å². The van der Waals surface area contributed by atoms with Crippen LogP contribution >= 0.6 is 11.8 Å². The molecule has 17 heavy (non-hydrogen) atoms. The molecule has 0 amide bonds. The van der Waals surface area contributed by atoms with Crippen LogP contribution in [-0.2, 0) is 5.75 Å². The number of benzene rings is 1. The van der Waals surface area contributed by atoms with Gasteiger partial charge < -0.3 is 0 Å². The summed E-state index contributed by atoms with van der Waals surface area (Å²) < 4.78 is 0. The fourth-order valence-electron chi connectivity index (χ4n) is 1.46. The van der Waals surface area contributed by atoms with Crippen LogP contribution in [0.3, 0.4) is 0 Å². The summed E-state index contributed by atoms with van der Waals surface area (Å²) in [4.78, 5) is 16.4. The van der Waals surface area contributed by atoms with E-state index < -0.39 is 0 Å². The molecule has 0 spiro atoms. The molecule has 2 aromatic rings. The Morgan fingerprint density at radius 2 is 2.18 bits per heavy atom. The fourth-order valence-corrected chi connectivity index (χ4v) is 2.34. The van der Waals surface area contributed by atoms with Crippen molar-refractivity contribution in [3.05, 3.63) is 59.9 Å². The van der Waals surface area contributed by atoms with Crippen molar-refractivity contribution in [3.63, 3.8) is 0 Å². The molecule has 1 aromatic carbocycles. The third kappa shape index (κ3) is 3.43. The Bertz CT molecular complexity index is 511. The highest BCUT2D eigenvalue weighted by Gasteiger charge is 2.01. The molecule has 0 saturated carbocycles. The minimum atomic E-state index is 0.105. The van der Waals surface area contributed by atoms with Gasteiger partial charge in [-0.05, 0) is 30.7 Å². The zero-order valence-electron chi connectivity index (χ0n) is 9.59. The Kier molecular flexibility index (Phi) is 3.94. The van der Waals surface area contributed by atoms with Crippen LogP contribution in [0, 0.1) is 0 Å². The van der Waals surface area contributed by atoms with Gasteiger partial charge in [0.15, 0.2) is 5.78 Å². The number of thioether (sulfide) groups is 1. The lowest BCUT2D eigenvalue weighted by molar-refractivity contribution is 0.101. The van der Waals surface area contributed by atoms with E-state index in [0.717, 1.165) is 16.2 Å². The summed E-state index contributed by atoms with van der Waals surface area (Å²) in [5, 5.41) is 0. The molecule has 0 saturated heterocycles. The lowest BCUT2D eigenvalue weighted by atomic mass is 10.2. The number of hydrogen-bond donors (Lipinski definition) is 0. The maximum absolute atomic E-state index is 11.3. The van der Waals surface area contributed by atoms with Crippen molar-refractivity contribution in [2.24, 2.45) is 0 Å². The van der Waals surface area contributed by atoms with E-state index in [1.54, 1.807) is 24.9 Å². The second-order valence-electron chi connectivity index (χ2n) is 3.73. The zero-order valence-corrected chi connectivity index (χ0v) is 10.4. The van der Waals surface area contributed by atoms with Crippen molar-refractivity contribution in [2.45, 2.75) is 17.6 Å². The number of pyridine rings is 1. The third-order valence-corrected chi connectivity index (χ3v) is 3.43. The van der Waals surface area contributed by atoms with Crippen molar-refractivity contribution in [3.8, 4) is 0 Å². The van der Waals surface area contributed by atoms with Crippen molar-refractivity contribution >= 4 is 17.5 Å². The number of rotatable bonds is 4. The second-order valence-corrected chi connectivity index (χ2v) is 4.78. The smallest absolute Gasteiger partial charge is 0.159 e. The van der Waals surface area contributed by atoms with E-state index in [1.165, 1.54) is 5.56 Å². The first-order chi connectivity index (χ1) is 8.25. The molecule has 2 nitrogen and oxygen atoms in total. The molecule has 0 aliphatic heterocycles. The van der Waals surface area contributed by atoms with Crippen molar-refractivity contribution in [1.29, 1.82) is 0 Å². The Labute approximate surface area is 105 Å². The van der Waals surface area contributed by atoms with Crippen molar-refractivity contribution in [1.82, 2.24) is 4.98 Å². The standard InChI is InChI=1S/C14H13NOS/c1-11(16)13-5-2-6-14(8-13)17-10-12-4-3-7-15-9-12/h2-9H,10H2,1H3. The van der Waals surface area contributed by atoms with Gasteiger partial charge in [0, 0.05) is 28.6 Å². The maximum Gasteiger partial charge on any atom is 0.159 e. The average Bonchev–Trinajstić information content (AvgIpc) is 2.38. The summed E-state index contributed by atoms with van der Waals surface area (Å²) in [5.74, 6) is 0.976. The van der Waals surface area contributed by atoms with E-state index in [1.807, 2.05) is 36.5 Å². The van der Waals surface area contributed by atoms with E-state index in [4.69, 9.17) is 0 Å². The second kappa shape index (κ2) is 5.64. The first kappa shape index (κ1) is 11.9. The third-order valence-electron chi connectivity index (χ3n) is 2.37. The molecule has 0 radical (unpaired) electrons. The van der Waals surface area contributed by atoms with Crippen LogP contribution in [0.15, 0.2) is 53.7 Å². The molecular weight excluding hydrogens is 230 g/mol. The van der Waals surface area contributed by atoms with Crippen LogP contribution in [0.1, 0.15) is 22.8 Å². The molecule has 0 fully saturated rings. The van der Waals surface area contributed by atoms with E-state index in [-0.39, 0.29) is 5.78 Å². The molecule has 86 valence electrons. The molecule has 2 rings (SSSR count). The number of nitrogens with zero attached hydrogens (tertiary/aromatic N) is 1. The van der Waals surface area contributed by atoms with Gasteiger partial charge in [-0.25, -0.2) is 0 Å². The number of aromatic nitrogens is 1. The molecule has 1 aromatic heterocycles. The van der Waals surface area contributed by atoms with Crippen LogP contribution in [0.25, 0.3) is 0 Å². The van der Waals surface area contributed by atoms with Gasteiger partial charge in [-0.15, -0.1) is 11.8 Å². The molecule has 0 bridgehead atoms. The molecule has 0 N–H and O–H groups in total. The van der Waals surface area contributed by atoms with Gasteiger partial charge in [-0.3, -0.25) is 9.78 Å². The molecular formula is C14H13NOS. The molecule has 1 heterocycles. The SMILES string of the molecule is CC(=O)c1cccc(SCc2cccnc2)c1. The van der Waals surface area contributed by atoms with E-state index in [9.17, 15) is 4.79 Å². The quantitative estimate of drug-likeness (QED) is 0.607. The number of hydrogen-bond acceptors (Lipinski definition) is 3. The van der Waals surface area contributed by atoms with Crippen molar-refractivity contribution < 1.29 is 4.79 Å². The lowest BCUT2D eigenvalue weighted by Crippen LogP contribution is -1.91. The average molecular weight is 243 g/mol. The molecule has 3 heteroatoms. The van der Waals surface area contributed by atoms with Gasteiger partial charge >= 0.3 is 0 Å². The predicted molar refractivity (Wildman–Crippen MR) is 70.2 cm³/mol. The summed E-state index contributed by atoms with van der Waals surface area (Å²) in [7, 11) is 0. The summed E-state index contributed by atoms with van der Waals surface area (Å²) >= 11 is 1.71. The topological polar surface area (TPSA) is 30.0 Å². The summed E-state index contributed by atoms with van der Waals surface area (Å²) in [6.45, 7) is 1.59. The first-order valence-corrected chi connectivity index (χ1v) is 6.37. The summed E-state index contributed by atoms with van der Waals surface area (Å²) in [6, 6.07) is 11.7. The molecule has 0 unspecified atom stereocenters. The molecule has 0 aliphatic rings. The Morgan fingerprint density at radius 3 is 2.88 bits per heavy atom. The largest absolute Gasteiger partial charge is 0.295 e. The van der Waals surface area contributed by atoms with Gasteiger partial charge in [-0.1, -0.05) is 18.2 Å². The predicted octanol–water partition coefficient (Wildman–Crippen LogP) is 3.58. The molecule has 0 atom stereocenters. The van der Waals surface area contributed by atoms with Gasteiger partial charge in [0.2, 0.25) is 0 Å². The summed E-state index contributed by atoms with van der Waals surface area (Å²) in [5.41, 5.74) is 1.95. The van der Waals surface area contributed by atoms with Crippen LogP contribution in [-0.4, -0.2) is 10.8 Å². The monoisotopic (exact) mass is 243 g/mol. The number of carbonyl (C=O) groups is 1. The fraction of sp³-hybridized carbons (Fsp3) is 0.143. The van der Waals surface area contributed by atoms with Crippen LogP contribution in [0.2, 0.25) is 0 Å². The minimum Gasteiger partial charge on any atom is -0.295 e. The van der Waals surface area contributed by atoms with Gasteiger partial charge in [0.1, 0.15) is 0 Å². The zero-order chi connectivity index (χ0) is 12.1. The molecule has 0 aliphatic carbocycles. The minimum absolute atomic E-state index is 0.105. The highest BCUT2D eigenvalue weighted by atomic mass is 32.2. The van der Waals surface area contributed by atoms with Crippen LogP contribution in [0.4, 0.5) is 0 Å². The number of ketones is 1. The number of Topliss-reactive ketones (excluding diaryl/α,β-unsaturated/α-hetero) is 1. The summed E-state index contributed by atoms with van der Waals surface area (Å²) in [6.07, 6.45) is 3.63. The Balaban J connectivity index is 2.04. The van der Waals surface area contributed by atoms with E-state index in [0.29, 0.717) is 0 Å². The van der Waals surface area contributed by atoms with Gasteiger partial charge in [0.25, 0.3) is 0 Å². The van der Waals surface area contributed by atoms with E-state index in [2.05, 4.69) is 11.1 Å². The lowest BCUT2D eigenvalue weighted by Gasteiger charge is -2.03. The highest BCUT2D eigenvalue weighted by molar-refractivity contribution is 7.98.